The lowest BCUT2D eigenvalue weighted by Crippen LogP contribution is -2.39. The van der Waals surface area contributed by atoms with Crippen molar-refractivity contribution in [3.63, 3.8) is 0 Å². The first-order valence-corrected chi connectivity index (χ1v) is 9.86. The highest BCUT2D eigenvalue weighted by Crippen LogP contribution is 2.26. The van der Waals surface area contributed by atoms with E-state index in [0.717, 1.165) is 49.6 Å². The maximum absolute atomic E-state index is 11.8. The molecule has 1 saturated carbocycles. The zero-order valence-corrected chi connectivity index (χ0v) is 19.0. The first-order valence-electron chi connectivity index (χ1n) is 9.86. The lowest BCUT2D eigenvalue weighted by Gasteiger charge is -2.24. The number of nitrogens with zero attached hydrogens (tertiary/aromatic N) is 1. The van der Waals surface area contributed by atoms with Gasteiger partial charge in [-0.25, -0.2) is 4.99 Å². The third kappa shape index (κ3) is 8.50. The predicted octanol–water partition coefficient (Wildman–Crippen LogP) is 3.23. The van der Waals surface area contributed by atoms with E-state index in [1.165, 1.54) is 6.42 Å². The molecule has 0 aromatic heterocycles. The molecule has 1 aromatic carbocycles. The summed E-state index contributed by atoms with van der Waals surface area (Å²) in [6.45, 7) is 8.97. The number of benzene rings is 1. The third-order valence-corrected chi connectivity index (χ3v) is 4.50. The van der Waals surface area contributed by atoms with Crippen LogP contribution in [0.25, 0.3) is 0 Å². The molecule has 156 valence electrons. The number of hydrogen-bond donors (Lipinski definition) is 3. The fourth-order valence-corrected chi connectivity index (χ4v) is 2.75. The van der Waals surface area contributed by atoms with E-state index in [2.05, 4.69) is 27.5 Å². The molecule has 1 aliphatic carbocycles. The van der Waals surface area contributed by atoms with Crippen LogP contribution in [0.2, 0.25) is 0 Å². The van der Waals surface area contributed by atoms with Gasteiger partial charge in [-0.1, -0.05) is 37.3 Å². The Morgan fingerprint density at radius 2 is 2.00 bits per heavy atom. The molecule has 0 unspecified atom stereocenters. The number of rotatable bonds is 11. The molecule has 0 atom stereocenters. The molecule has 0 aliphatic heterocycles. The number of hydrogen-bond acceptors (Lipinski definition) is 3. The first-order chi connectivity index (χ1) is 13.2. The highest BCUT2D eigenvalue weighted by Gasteiger charge is 2.24. The van der Waals surface area contributed by atoms with Crippen LogP contribution in [0, 0.1) is 5.92 Å². The summed E-state index contributed by atoms with van der Waals surface area (Å²) in [7, 11) is 0. The van der Waals surface area contributed by atoms with Gasteiger partial charge in [-0.15, -0.1) is 24.0 Å². The maximum Gasteiger partial charge on any atom is 0.223 e. The minimum absolute atomic E-state index is 0. The van der Waals surface area contributed by atoms with Gasteiger partial charge in [0, 0.05) is 31.1 Å². The van der Waals surface area contributed by atoms with Crippen molar-refractivity contribution >= 4 is 35.8 Å². The quantitative estimate of drug-likeness (QED) is 0.143. The SMILES string of the molecule is C=CCOc1ccccc1CN=C(NCC)NCCCNC(=O)C1CCC1.I. The van der Waals surface area contributed by atoms with E-state index < -0.39 is 0 Å². The Labute approximate surface area is 185 Å². The van der Waals surface area contributed by atoms with Crippen LogP contribution in [-0.2, 0) is 11.3 Å². The number of ether oxygens (including phenoxy) is 1. The van der Waals surface area contributed by atoms with E-state index in [9.17, 15) is 4.79 Å². The summed E-state index contributed by atoms with van der Waals surface area (Å²) in [5, 5.41) is 9.57. The summed E-state index contributed by atoms with van der Waals surface area (Å²) >= 11 is 0. The molecule has 28 heavy (non-hydrogen) atoms. The molecule has 6 nitrogen and oxygen atoms in total. The molecular weight excluding hydrogens is 467 g/mol. The molecule has 3 N–H and O–H groups in total. The summed E-state index contributed by atoms with van der Waals surface area (Å²) in [5.41, 5.74) is 1.03. The highest BCUT2D eigenvalue weighted by atomic mass is 127. The highest BCUT2D eigenvalue weighted by molar-refractivity contribution is 14.0. The van der Waals surface area contributed by atoms with Gasteiger partial charge < -0.3 is 20.7 Å². The van der Waals surface area contributed by atoms with Crippen LogP contribution in [-0.4, -0.2) is 38.1 Å². The van der Waals surface area contributed by atoms with E-state index in [4.69, 9.17) is 4.74 Å². The summed E-state index contributed by atoms with van der Waals surface area (Å²) in [6, 6.07) is 7.89. The smallest absolute Gasteiger partial charge is 0.223 e. The molecule has 1 amide bonds. The molecule has 1 aliphatic rings. The Balaban J connectivity index is 0.00000392. The standard InChI is InChI=1S/C21H32N4O2.HI/c1-3-15-27-19-12-6-5-9-18(19)16-25-21(22-4-2)24-14-8-13-23-20(26)17-10-7-11-17;/h3,5-6,9,12,17H,1,4,7-8,10-11,13-16H2,2H3,(H,23,26)(H2,22,24,25);1H. The van der Waals surface area contributed by atoms with Gasteiger partial charge >= 0.3 is 0 Å². The minimum Gasteiger partial charge on any atom is -0.489 e. The number of aliphatic imine (C=N–C) groups is 1. The molecule has 0 spiro atoms. The minimum atomic E-state index is 0. The molecule has 7 heteroatoms. The van der Waals surface area contributed by atoms with Crippen LogP contribution >= 0.6 is 24.0 Å². The maximum atomic E-state index is 11.8. The largest absolute Gasteiger partial charge is 0.489 e. The number of para-hydroxylation sites is 1. The van der Waals surface area contributed by atoms with Crippen LogP contribution < -0.4 is 20.7 Å². The molecule has 0 radical (unpaired) electrons. The van der Waals surface area contributed by atoms with Gasteiger partial charge in [0.1, 0.15) is 12.4 Å². The van der Waals surface area contributed by atoms with Crippen molar-refractivity contribution in [1.82, 2.24) is 16.0 Å². The van der Waals surface area contributed by atoms with Crippen molar-refractivity contribution in [3.05, 3.63) is 42.5 Å². The molecular formula is C21H33IN4O2. The second kappa shape index (κ2) is 14.3. The van der Waals surface area contributed by atoms with E-state index in [0.29, 0.717) is 19.7 Å². The number of amides is 1. The van der Waals surface area contributed by atoms with Crippen molar-refractivity contribution in [2.75, 3.05) is 26.2 Å². The van der Waals surface area contributed by atoms with Crippen LogP contribution in [0.4, 0.5) is 0 Å². The molecule has 0 bridgehead atoms. The van der Waals surface area contributed by atoms with Crippen molar-refractivity contribution in [2.45, 2.75) is 39.2 Å². The van der Waals surface area contributed by atoms with Crippen LogP contribution in [0.5, 0.6) is 5.75 Å². The van der Waals surface area contributed by atoms with Crippen molar-refractivity contribution in [3.8, 4) is 5.75 Å². The van der Waals surface area contributed by atoms with Crippen molar-refractivity contribution in [1.29, 1.82) is 0 Å². The second-order valence-electron chi connectivity index (χ2n) is 6.60. The average Bonchev–Trinajstić information content (AvgIpc) is 2.63. The zero-order chi connectivity index (χ0) is 19.3. The summed E-state index contributed by atoms with van der Waals surface area (Å²) in [6.07, 6.45) is 5.86. The fourth-order valence-electron chi connectivity index (χ4n) is 2.75. The van der Waals surface area contributed by atoms with Gasteiger partial charge in [0.2, 0.25) is 5.91 Å². The van der Waals surface area contributed by atoms with Crippen LogP contribution in [0.3, 0.4) is 0 Å². The monoisotopic (exact) mass is 500 g/mol. The van der Waals surface area contributed by atoms with Crippen LogP contribution in [0.1, 0.15) is 38.2 Å². The van der Waals surface area contributed by atoms with E-state index in [-0.39, 0.29) is 35.8 Å². The Morgan fingerprint density at radius 3 is 2.68 bits per heavy atom. The molecule has 1 aromatic rings. The van der Waals surface area contributed by atoms with Crippen LogP contribution in [0.15, 0.2) is 41.9 Å². The summed E-state index contributed by atoms with van der Waals surface area (Å²) < 4.78 is 5.68. The van der Waals surface area contributed by atoms with Crippen molar-refractivity contribution < 1.29 is 9.53 Å². The van der Waals surface area contributed by atoms with E-state index in [1.807, 2.05) is 31.2 Å². The molecule has 0 saturated heterocycles. The van der Waals surface area contributed by atoms with Gasteiger partial charge in [-0.05, 0) is 32.3 Å². The molecule has 1 fully saturated rings. The van der Waals surface area contributed by atoms with Gasteiger partial charge in [-0.2, -0.15) is 0 Å². The topological polar surface area (TPSA) is 74.8 Å². The Morgan fingerprint density at radius 1 is 1.25 bits per heavy atom. The zero-order valence-electron chi connectivity index (χ0n) is 16.7. The number of carbonyl (C=O) groups excluding carboxylic acids is 1. The van der Waals surface area contributed by atoms with Gasteiger partial charge in [0.15, 0.2) is 5.96 Å². The van der Waals surface area contributed by atoms with Gasteiger partial charge in [-0.3, -0.25) is 4.79 Å². The predicted molar refractivity (Wildman–Crippen MR) is 125 cm³/mol. The number of carbonyl (C=O) groups is 1. The molecule has 2 rings (SSSR count). The normalized spacial score (nSPS) is 13.7. The van der Waals surface area contributed by atoms with E-state index in [1.54, 1.807) is 6.08 Å². The van der Waals surface area contributed by atoms with Gasteiger partial charge in [0.05, 0.1) is 6.54 Å². The Bertz CT molecular complexity index is 633. The average molecular weight is 500 g/mol. The Kier molecular flexibility index (Phi) is 12.4. The second-order valence-corrected chi connectivity index (χ2v) is 6.60. The number of guanidine groups is 1. The lowest BCUT2D eigenvalue weighted by molar-refractivity contribution is -0.127. The summed E-state index contributed by atoms with van der Waals surface area (Å²) in [4.78, 5) is 16.4. The number of nitrogens with one attached hydrogen (secondary N) is 3. The Hall–Kier alpha value is -1.77. The number of halogens is 1. The lowest BCUT2D eigenvalue weighted by atomic mass is 9.85. The fraction of sp³-hybridized carbons (Fsp3) is 0.524. The first kappa shape index (κ1) is 24.3. The summed E-state index contributed by atoms with van der Waals surface area (Å²) in [5.74, 6) is 2.05. The third-order valence-electron chi connectivity index (χ3n) is 4.50. The molecule has 0 heterocycles. The van der Waals surface area contributed by atoms with E-state index >= 15 is 0 Å². The van der Waals surface area contributed by atoms with Gasteiger partial charge in [0.25, 0.3) is 0 Å². The van der Waals surface area contributed by atoms with Crippen molar-refractivity contribution in [2.24, 2.45) is 10.9 Å².